The highest BCUT2D eigenvalue weighted by atomic mass is 19.1. The molecule has 0 atom stereocenters. The molecular weight excluding hydrogens is 451 g/mol. The topological polar surface area (TPSA) is 105 Å². The van der Waals surface area contributed by atoms with Crippen molar-refractivity contribution in [3.63, 3.8) is 0 Å². The molecule has 3 aromatic rings. The highest BCUT2D eigenvalue weighted by Crippen LogP contribution is 2.20. The van der Waals surface area contributed by atoms with E-state index in [1.807, 2.05) is 30.3 Å². The molecule has 4 rings (SSSR count). The third kappa shape index (κ3) is 6.11. The van der Waals surface area contributed by atoms with Gasteiger partial charge in [0.2, 0.25) is 11.8 Å². The van der Waals surface area contributed by atoms with Gasteiger partial charge in [0.15, 0.2) is 11.5 Å². The summed E-state index contributed by atoms with van der Waals surface area (Å²) in [5.41, 5.74) is 2.16. The standard InChI is InChI=1S/C26H27FN4O4/c1-17-7-8-18(13-21(17)27)15-28-25(33)20-9-11-31(12-10-20)24(32)16-29-26(34)22-14-23(35-30-22)19-5-3-2-4-6-19/h2-8,13-14,20H,9-12,15-16H2,1H3,(H,28,33)(H,29,34). The fraction of sp³-hybridized carbons (Fsp3) is 0.308. The van der Waals surface area contributed by atoms with Crippen molar-refractivity contribution in [1.82, 2.24) is 20.7 Å². The van der Waals surface area contributed by atoms with Gasteiger partial charge < -0.3 is 20.1 Å². The minimum Gasteiger partial charge on any atom is -0.355 e. The lowest BCUT2D eigenvalue weighted by Gasteiger charge is -2.31. The van der Waals surface area contributed by atoms with E-state index in [0.29, 0.717) is 42.8 Å². The number of hydrogen-bond donors (Lipinski definition) is 2. The molecule has 0 saturated carbocycles. The number of benzene rings is 2. The summed E-state index contributed by atoms with van der Waals surface area (Å²) in [6, 6.07) is 15.7. The number of halogens is 1. The molecule has 0 aliphatic carbocycles. The molecule has 3 amide bonds. The lowest BCUT2D eigenvalue weighted by Crippen LogP contribution is -2.46. The van der Waals surface area contributed by atoms with Gasteiger partial charge in [0.1, 0.15) is 5.82 Å². The molecule has 1 saturated heterocycles. The summed E-state index contributed by atoms with van der Waals surface area (Å²) in [5, 5.41) is 9.21. The van der Waals surface area contributed by atoms with Gasteiger partial charge >= 0.3 is 0 Å². The Morgan fingerprint density at radius 1 is 1.06 bits per heavy atom. The van der Waals surface area contributed by atoms with Gasteiger partial charge in [0.05, 0.1) is 6.54 Å². The summed E-state index contributed by atoms with van der Waals surface area (Å²) in [4.78, 5) is 39.0. The van der Waals surface area contributed by atoms with E-state index in [1.165, 1.54) is 12.1 Å². The number of likely N-dealkylation sites (tertiary alicyclic amines) is 1. The summed E-state index contributed by atoms with van der Waals surface area (Å²) in [6.07, 6.45) is 1.05. The maximum atomic E-state index is 13.7. The first-order chi connectivity index (χ1) is 16.9. The molecule has 0 unspecified atom stereocenters. The number of aryl methyl sites for hydroxylation is 1. The van der Waals surface area contributed by atoms with Gasteiger partial charge in [-0.1, -0.05) is 47.6 Å². The van der Waals surface area contributed by atoms with Crippen LogP contribution in [0.2, 0.25) is 0 Å². The van der Waals surface area contributed by atoms with E-state index in [0.717, 1.165) is 5.56 Å². The molecule has 2 N–H and O–H groups in total. The van der Waals surface area contributed by atoms with Crippen LogP contribution in [0.15, 0.2) is 59.1 Å². The van der Waals surface area contributed by atoms with Gasteiger partial charge in [-0.3, -0.25) is 14.4 Å². The van der Waals surface area contributed by atoms with Crippen LogP contribution in [-0.4, -0.2) is 47.4 Å². The van der Waals surface area contributed by atoms with Gasteiger partial charge in [0.25, 0.3) is 5.91 Å². The van der Waals surface area contributed by atoms with Crippen LogP contribution < -0.4 is 10.6 Å². The first-order valence-corrected chi connectivity index (χ1v) is 11.5. The van der Waals surface area contributed by atoms with Crippen molar-refractivity contribution in [2.24, 2.45) is 5.92 Å². The Balaban J connectivity index is 1.20. The molecule has 2 heterocycles. The van der Waals surface area contributed by atoms with Crippen LogP contribution >= 0.6 is 0 Å². The van der Waals surface area contributed by atoms with Crippen LogP contribution in [0.4, 0.5) is 4.39 Å². The lowest BCUT2D eigenvalue weighted by atomic mass is 9.95. The number of nitrogens with zero attached hydrogens (tertiary/aromatic N) is 2. The summed E-state index contributed by atoms with van der Waals surface area (Å²) in [7, 11) is 0. The molecule has 9 heteroatoms. The molecule has 1 fully saturated rings. The van der Waals surface area contributed by atoms with E-state index < -0.39 is 5.91 Å². The number of amides is 3. The van der Waals surface area contributed by atoms with Crippen molar-refractivity contribution in [3.8, 4) is 11.3 Å². The number of hydrogen-bond acceptors (Lipinski definition) is 5. The Morgan fingerprint density at radius 2 is 1.80 bits per heavy atom. The molecule has 35 heavy (non-hydrogen) atoms. The molecule has 0 radical (unpaired) electrons. The second-order valence-corrected chi connectivity index (χ2v) is 8.58. The molecule has 0 bridgehead atoms. The van der Waals surface area contributed by atoms with Crippen molar-refractivity contribution < 1.29 is 23.3 Å². The van der Waals surface area contributed by atoms with Crippen LogP contribution in [0.25, 0.3) is 11.3 Å². The fourth-order valence-electron chi connectivity index (χ4n) is 3.95. The zero-order valence-corrected chi connectivity index (χ0v) is 19.4. The molecule has 8 nitrogen and oxygen atoms in total. The molecule has 1 aromatic heterocycles. The van der Waals surface area contributed by atoms with Gasteiger partial charge in [0, 0.05) is 37.2 Å². The van der Waals surface area contributed by atoms with E-state index in [1.54, 1.807) is 24.0 Å². The largest absolute Gasteiger partial charge is 0.355 e. The Morgan fingerprint density at radius 3 is 2.51 bits per heavy atom. The summed E-state index contributed by atoms with van der Waals surface area (Å²) < 4.78 is 18.9. The molecule has 2 aromatic carbocycles. The zero-order chi connectivity index (χ0) is 24.8. The first kappa shape index (κ1) is 24.1. The molecular formula is C26H27FN4O4. The normalized spacial score (nSPS) is 13.9. The van der Waals surface area contributed by atoms with E-state index in [9.17, 15) is 18.8 Å². The Kier molecular flexibility index (Phi) is 7.54. The van der Waals surface area contributed by atoms with Crippen LogP contribution in [0, 0.1) is 18.7 Å². The van der Waals surface area contributed by atoms with Crippen molar-refractivity contribution in [1.29, 1.82) is 0 Å². The molecule has 182 valence electrons. The predicted molar refractivity (Wildman–Crippen MR) is 127 cm³/mol. The second-order valence-electron chi connectivity index (χ2n) is 8.58. The minimum absolute atomic E-state index is 0.0977. The van der Waals surface area contributed by atoms with E-state index in [-0.39, 0.29) is 42.3 Å². The average molecular weight is 479 g/mol. The number of carbonyl (C=O) groups is 3. The van der Waals surface area contributed by atoms with Crippen LogP contribution in [0.1, 0.15) is 34.5 Å². The number of carbonyl (C=O) groups excluding carboxylic acids is 3. The number of piperidine rings is 1. The Hall–Kier alpha value is -4.01. The van der Waals surface area contributed by atoms with Crippen LogP contribution in [0.5, 0.6) is 0 Å². The quantitative estimate of drug-likeness (QED) is 0.543. The number of aromatic nitrogens is 1. The van der Waals surface area contributed by atoms with Gasteiger partial charge in [-0.2, -0.15) is 0 Å². The number of nitrogens with one attached hydrogen (secondary N) is 2. The number of rotatable bonds is 7. The monoisotopic (exact) mass is 478 g/mol. The van der Waals surface area contributed by atoms with Crippen molar-refractivity contribution >= 4 is 17.7 Å². The lowest BCUT2D eigenvalue weighted by molar-refractivity contribution is -0.134. The molecule has 0 spiro atoms. The van der Waals surface area contributed by atoms with Crippen molar-refractivity contribution in [2.45, 2.75) is 26.3 Å². The van der Waals surface area contributed by atoms with Crippen molar-refractivity contribution in [2.75, 3.05) is 19.6 Å². The van der Waals surface area contributed by atoms with Crippen LogP contribution in [0.3, 0.4) is 0 Å². The van der Waals surface area contributed by atoms with Gasteiger partial charge in [-0.15, -0.1) is 0 Å². The highest BCUT2D eigenvalue weighted by Gasteiger charge is 2.27. The van der Waals surface area contributed by atoms with Crippen LogP contribution in [-0.2, 0) is 16.1 Å². The Bertz CT molecular complexity index is 1200. The van der Waals surface area contributed by atoms with E-state index >= 15 is 0 Å². The third-order valence-electron chi connectivity index (χ3n) is 6.12. The Labute approximate surface area is 202 Å². The zero-order valence-electron chi connectivity index (χ0n) is 19.4. The first-order valence-electron chi connectivity index (χ1n) is 11.5. The van der Waals surface area contributed by atoms with E-state index in [4.69, 9.17) is 4.52 Å². The summed E-state index contributed by atoms with van der Waals surface area (Å²) >= 11 is 0. The second kappa shape index (κ2) is 10.9. The van der Waals surface area contributed by atoms with E-state index in [2.05, 4.69) is 15.8 Å². The predicted octanol–water partition coefficient (Wildman–Crippen LogP) is 3.07. The molecule has 1 aliphatic rings. The van der Waals surface area contributed by atoms with Gasteiger partial charge in [-0.05, 0) is 37.0 Å². The van der Waals surface area contributed by atoms with Gasteiger partial charge in [-0.25, -0.2) is 4.39 Å². The minimum atomic E-state index is -0.494. The maximum Gasteiger partial charge on any atom is 0.273 e. The average Bonchev–Trinajstić information content (AvgIpc) is 3.39. The smallest absolute Gasteiger partial charge is 0.273 e. The highest BCUT2D eigenvalue weighted by molar-refractivity contribution is 5.95. The third-order valence-corrected chi connectivity index (χ3v) is 6.12. The maximum absolute atomic E-state index is 13.7. The van der Waals surface area contributed by atoms with Crippen molar-refractivity contribution in [3.05, 3.63) is 77.2 Å². The molecule has 1 aliphatic heterocycles. The fourth-order valence-corrected chi connectivity index (χ4v) is 3.95. The summed E-state index contributed by atoms with van der Waals surface area (Å²) in [6.45, 7) is 2.63. The SMILES string of the molecule is Cc1ccc(CNC(=O)C2CCN(C(=O)CNC(=O)c3cc(-c4ccccc4)on3)CC2)cc1F. The summed E-state index contributed by atoms with van der Waals surface area (Å²) in [5.74, 6) is -0.863.